The predicted octanol–water partition coefficient (Wildman–Crippen LogP) is 4.36. The number of likely N-dealkylation sites (N-methyl/N-ethyl adjacent to an activating group) is 1. The molecule has 0 bridgehead atoms. The van der Waals surface area contributed by atoms with Crippen LogP contribution in [0.4, 0.5) is 13.2 Å². The van der Waals surface area contributed by atoms with Crippen molar-refractivity contribution in [2.45, 2.75) is 39.0 Å². The second-order valence-electron chi connectivity index (χ2n) is 6.28. The van der Waals surface area contributed by atoms with Crippen LogP contribution in [0, 0.1) is 0 Å². The minimum Gasteiger partial charge on any atom is -0.406 e. The minimum atomic E-state index is -4.64. The quantitative estimate of drug-likeness (QED) is 0.666. The van der Waals surface area contributed by atoms with Gasteiger partial charge in [0.25, 0.3) is 0 Å². The van der Waals surface area contributed by atoms with E-state index in [1.807, 2.05) is 6.07 Å². The van der Waals surface area contributed by atoms with Crippen LogP contribution in [0.1, 0.15) is 31.7 Å². The molecular formula is C18H28ClF3N2O. The zero-order valence-corrected chi connectivity index (χ0v) is 15.5. The average molecular weight is 381 g/mol. The van der Waals surface area contributed by atoms with E-state index in [1.54, 1.807) is 6.07 Å². The highest BCUT2D eigenvalue weighted by Crippen LogP contribution is 2.23. The van der Waals surface area contributed by atoms with Gasteiger partial charge < -0.3 is 14.5 Å². The maximum atomic E-state index is 12.3. The van der Waals surface area contributed by atoms with Crippen LogP contribution in [-0.4, -0.2) is 55.4 Å². The Morgan fingerprint density at radius 3 is 2.48 bits per heavy atom. The van der Waals surface area contributed by atoms with Gasteiger partial charge in [-0.15, -0.1) is 25.6 Å². The third kappa shape index (κ3) is 8.79. The highest BCUT2D eigenvalue weighted by Gasteiger charge is 2.31. The van der Waals surface area contributed by atoms with Crippen molar-refractivity contribution in [2.24, 2.45) is 0 Å². The molecule has 0 atom stereocenters. The summed E-state index contributed by atoms with van der Waals surface area (Å²) in [6.45, 7) is 8.38. The van der Waals surface area contributed by atoms with Gasteiger partial charge in [0.05, 0.1) is 0 Å². The number of ether oxygens (including phenoxy) is 1. The summed E-state index contributed by atoms with van der Waals surface area (Å²) < 4.78 is 40.8. The highest BCUT2D eigenvalue weighted by atomic mass is 35.5. The third-order valence-corrected chi connectivity index (χ3v) is 4.48. The number of benzene rings is 1. The van der Waals surface area contributed by atoms with E-state index in [2.05, 4.69) is 21.5 Å². The molecule has 1 saturated heterocycles. The molecule has 144 valence electrons. The summed E-state index contributed by atoms with van der Waals surface area (Å²) in [5.41, 5.74) is 0.869. The van der Waals surface area contributed by atoms with Gasteiger partial charge in [0.2, 0.25) is 0 Å². The lowest BCUT2D eigenvalue weighted by molar-refractivity contribution is -0.274. The van der Waals surface area contributed by atoms with Gasteiger partial charge in [0.15, 0.2) is 0 Å². The summed E-state index contributed by atoms with van der Waals surface area (Å²) in [4.78, 5) is 4.86. The normalized spacial score (nSPS) is 15.9. The van der Waals surface area contributed by atoms with Crippen LogP contribution in [-0.2, 0) is 6.42 Å². The lowest BCUT2D eigenvalue weighted by Gasteiger charge is -2.29. The first kappa shape index (κ1) is 22.1. The lowest BCUT2D eigenvalue weighted by Crippen LogP contribution is -2.38. The molecule has 25 heavy (non-hydrogen) atoms. The Morgan fingerprint density at radius 1 is 1.12 bits per heavy atom. The van der Waals surface area contributed by atoms with Crippen molar-refractivity contribution in [1.82, 2.24) is 9.80 Å². The Hall–Kier alpha value is -0.980. The van der Waals surface area contributed by atoms with Crippen LogP contribution >= 0.6 is 12.4 Å². The number of hydrogen-bond acceptors (Lipinski definition) is 3. The van der Waals surface area contributed by atoms with E-state index in [-0.39, 0.29) is 18.2 Å². The maximum Gasteiger partial charge on any atom is 0.573 e. The lowest BCUT2D eigenvalue weighted by atomic mass is 10.1. The molecule has 0 aliphatic carbocycles. The summed E-state index contributed by atoms with van der Waals surface area (Å²) in [5, 5.41) is 0. The van der Waals surface area contributed by atoms with Crippen molar-refractivity contribution in [2.75, 3.05) is 39.3 Å². The van der Waals surface area contributed by atoms with Crippen LogP contribution in [0.25, 0.3) is 0 Å². The number of rotatable bonds is 8. The number of alkyl halides is 3. The number of halogens is 4. The second kappa shape index (κ2) is 10.9. The first-order chi connectivity index (χ1) is 11.5. The van der Waals surface area contributed by atoms with E-state index in [4.69, 9.17) is 0 Å². The largest absolute Gasteiger partial charge is 0.573 e. The fraction of sp³-hybridized carbons (Fsp3) is 0.667. The second-order valence-corrected chi connectivity index (χ2v) is 6.28. The number of nitrogens with zero attached hydrogens (tertiary/aromatic N) is 2. The maximum absolute atomic E-state index is 12.3. The zero-order chi connectivity index (χ0) is 17.4. The molecule has 1 fully saturated rings. The first-order valence-electron chi connectivity index (χ1n) is 8.75. The monoisotopic (exact) mass is 380 g/mol. The molecule has 7 heteroatoms. The minimum absolute atomic E-state index is 0. The summed E-state index contributed by atoms with van der Waals surface area (Å²) in [7, 11) is 0. The Labute approximate surface area is 154 Å². The number of piperidine rings is 1. The molecule has 3 nitrogen and oxygen atoms in total. The Bertz CT molecular complexity index is 493. The van der Waals surface area contributed by atoms with E-state index in [1.165, 1.54) is 44.5 Å². The number of likely N-dealkylation sites (tertiary alicyclic amines) is 1. The van der Waals surface area contributed by atoms with Crippen LogP contribution in [0.3, 0.4) is 0 Å². The van der Waals surface area contributed by atoms with E-state index in [0.717, 1.165) is 38.2 Å². The van der Waals surface area contributed by atoms with Crippen molar-refractivity contribution in [3.05, 3.63) is 29.8 Å². The molecule has 1 aromatic carbocycles. The van der Waals surface area contributed by atoms with Crippen molar-refractivity contribution >= 4 is 12.4 Å². The molecule has 0 amide bonds. The molecule has 1 aliphatic heterocycles. The van der Waals surface area contributed by atoms with Gasteiger partial charge in [-0.3, -0.25) is 0 Å². The Kier molecular flexibility index (Phi) is 9.61. The third-order valence-electron chi connectivity index (χ3n) is 4.48. The Balaban J connectivity index is 0.00000312. The van der Waals surface area contributed by atoms with Crippen LogP contribution in [0.5, 0.6) is 5.75 Å². The molecule has 1 aliphatic rings. The molecule has 1 aromatic rings. The molecule has 0 N–H and O–H groups in total. The van der Waals surface area contributed by atoms with E-state index in [9.17, 15) is 13.2 Å². The molecular weight excluding hydrogens is 353 g/mol. The van der Waals surface area contributed by atoms with Gasteiger partial charge >= 0.3 is 6.36 Å². The molecule has 0 unspecified atom stereocenters. The summed E-state index contributed by atoms with van der Waals surface area (Å²) in [6, 6.07) is 6.28. The Morgan fingerprint density at radius 2 is 1.84 bits per heavy atom. The van der Waals surface area contributed by atoms with Crippen LogP contribution in [0.15, 0.2) is 24.3 Å². The fourth-order valence-corrected chi connectivity index (χ4v) is 3.08. The van der Waals surface area contributed by atoms with Gasteiger partial charge in [0, 0.05) is 19.6 Å². The van der Waals surface area contributed by atoms with E-state index < -0.39 is 6.36 Å². The smallest absolute Gasteiger partial charge is 0.406 e. The fourth-order valence-electron chi connectivity index (χ4n) is 3.08. The van der Waals surface area contributed by atoms with Crippen molar-refractivity contribution in [3.8, 4) is 5.75 Å². The van der Waals surface area contributed by atoms with Gasteiger partial charge in [-0.25, -0.2) is 0 Å². The molecule has 0 spiro atoms. The topological polar surface area (TPSA) is 15.7 Å². The van der Waals surface area contributed by atoms with Gasteiger partial charge in [0.1, 0.15) is 5.75 Å². The summed E-state index contributed by atoms with van der Waals surface area (Å²) in [6.07, 6.45) is 0.00594. The molecule has 2 rings (SSSR count). The summed E-state index contributed by atoms with van der Waals surface area (Å²) in [5.74, 6) is -0.142. The van der Waals surface area contributed by atoms with Crippen molar-refractivity contribution in [3.63, 3.8) is 0 Å². The van der Waals surface area contributed by atoms with E-state index in [0.29, 0.717) is 0 Å². The average Bonchev–Trinajstić information content (AvgIpc) is 2.55. The molecule has 0 radical (unpaired) electrons. The molecule has 1 heterocycles. The van der Waals surface area contributed by atoms with Crippen molar-refractivity contribution in [1.29, 1.82) is 0 Å². The standard InChI is InChI=1S/C18H27F3N2O.ClH/c1-2-22(13-14-23-10-4-3-5-11-23)12-9-16-7-6-8-17(15-16)24-18(19,20)21;/h6-8,15H,2-5,9-14H2,1H3;1H. The molecule has 0 saturated carbocycles. The van der Waals surface area contributed by atoms with Crippen LogP contribution in [0.2, 0.25) is 0 Å². The van der Waals surface area contributed by atoms with Crippen LogP contribution < -0.4 is 4.74 Å². The van der Waals surface area contributed by atoms with Gasteiger partial charge in [-0.1, -0.05) is 25.5 Å². The predicted molar refractivity (Wildman–Crippen MR) is 96.5 cm³/mol. The molecule has 0 aromatic heterocycles. The highest BCUT2D eigenvalue weighted by molar-refractivity contribution is 5.85. The van der Waals surface area contributed by atoms with Gasteiger partial charge in [-0.2, -0.15) is 0 Å². The summed E-state index contributed by atoms with van der Waals surface area (Å²) >= 11 is 0. The van der Waals surface area contributed by atoms with E-state index >= 15 is 0 Å². The zero-order valence-electron chi connectivity index (χ0n) is 14.7. The SMILES string of the molecule is CCN(CCc1cccc(OC(F)(F)F)c1)CCN1CCCCC1.Cl. The first-order valence-corrected chi connectivity index (χ1v) is 8.75. The van der Waals surface area contributed by atoms with Crippen molar-refractivity contribution < 1.29 is 17.9 Å². The number of hydrogen-bond donors (Lipinski definition) is 0. The van der Waals surface area contributed by atoms with Gasteiger partial charge in [-0.05, 0) is 56.6 Å².